The second kappa shape index (κ2) is 10.2. The Labute approximate surface area is 142 Å². The van der Waals surface area contributed by atoms with Gasteiger partial charge in [0.25, 0.3) is 0 Å². The molecule has 0 spiro atoms. The molecule has 4 nitrogen and oxygen atoms in total. The number of hydrogen-bond acceptors (Lipinski definition) is 5. The van der Waals surface area contributed by atoms with Crippen molar-refractivity contribution in [2.75, 3.05) is 24.7 Å². The van der Waals surface area contributed by atoms with Crippen LogP contribution < -0.4 is 0 Å². The summed E-state index contributed by atoms with van der Waals surface area (Å²) in [5.74, 6) is 1.32. The van der Waals surface area contributed by atoms with Crippen LogP contribution in [0.4, 0.5) is 0 Å². The van der Waals surface area contributed by atoms with Gasteiger partial charge in [-0.15, -0.1) is 0 Å². The Hall–Kier alpha value is 1.34. The topological polar surface area (TPSA) is 77.8 Å². The maximum absolute atomic E-state index is 11.7. The molecule has 0 aliphatic heterocycles. The van der Waals surface area contributed by atoms with Crippen molar-refractivity contribution in [2.24, 2.45) is 11.8 Å². The Kier molecular flexibility index (Phi) is 11.0. The maximum Gasteiger partial charge on any atom is 0.137 e. The monoisotopic (exact) mass is 475 g/mol. The predicted molar refractivity (Wildman–Crippen MR) is 63.3 cm³/mol. The molecule has 1 aliphatic carbocycles. The van der Waals surface area contributed by atoms with E-state index in [-0.39, 0.29) is 74.9 Å². The number of aliphatic hydroxyl groups excluding tert-OH is 3. The number of hydrogen-bond donors (Lipinski definition) is 3. The van der Waals surface area contributed by atoms with E-state index in [1.165, 1.54) is 11.8 Å². The van der Waals surface area contributed by atoms with Gasteiger partial charge in [-0.05, 0) is 18.8 Å². The van der Waals surface area contributed by atoms with Crippen LogP contribution in [0.2, 0.25) is 0 Å². The summed E-state index contributed by atoms with van der Waals surface area (Å²) in [5.41, 5.74) is 0. The van der Waals surface area contributed by atoms with Crippen molar-refractivity contribution >= 4 is 17.5 Å². The van der Waals surface area contributed by atoms with Gasteiger partial charge in [-0.25, -0.2) is 0 Å². The summed E-state index contributed by atoms with van der Waals surface area (Å²) < 4.78 is 0. The molecule has 3 unspecified atom stereocenters. The standard InChI is InChI=1S/C11H20O4S.Ac/c12-4-8-2-1-3-11(15)10(8)7-16-6-9(14)5-13;/h8-10,12-14H,1-7H2;. The molecule has 1 saturated carbocycles. The van der Waals surface area contributed by atoms with E-state index in [4.69, 9.17) is 5.11 Å². The van der Waals surface area contributed by atoms with Crippen LogP contribution in [-0.2, 0) is 4.79 Å². The molecule has 97 valence electrons. The second-order valence-corrected chi connectivity index (χ2v) is 5.36. The van der Waals surface area contributed by atoms with E-state index in [9.17, 15) is 15.0 Å². The van der Waals surface area contributed by atoms with Crippen molar-refractivity contribution in [1.29, 1.82) is 0 Å². The number of carbonyl (C=O) groups excluding carboxylic acids is 1. The average molecular weight is 475 g/mol. The predicted octanol–water partition coefficient (Wildman–Crippen LogP) is 0.0505. The summed E-state index contributed by atoms with van der Waals surface area (Å²) in [6, 6.07) is 0. The van der Waals surface area contributed by atoms with Crippen LogP contribution in [0.15, 0.2) is 0 Å². The van der Waals surface area contributed by atoms with E-state index in [2.05, 4.69) is 0 Å². The average Bonchev–Trinajstić information content (AvgIpc) is 2.30. The zero-order valence-electron chi connectivity index (χ0n) is 9.92. The Morgan fingerprint density at radius 2 is 2.12 bits per heavy atom. The van der Waals surface area contributed by atoms with E-state index in [1.807, 2.05) is 0 Å². The third-order valence-corrected chi connectivity index (χ3v) is 4.25. The third-order valence-electron chi connectivity index (χ3n) is 3.03. The van der Waals surface area contributed by atoms with Crippen LogP contribution in [-0.4, -0.2) is 51.9 Å². The van der Waals surface area contributed by atoms with E-state index >= 15 is 0 Å². The van der Waals surface area contributed by atoms with Gasteiger partial charge in [0, 0.05) is 74.5 Å². The van der Waals surface area contributed by atoms with Gasteiger partial charge < -0.3 is 15.3 Å². The number of carbonyl (C=O) groups is 1. The molecule has 1 radical (unpaired) electrons. The molecule has 0 aromatic rings. The van der Waals surface area contributed by atoms with Gasteiger partial charge in [0.2, 0.25) is 0 Å². The second-order valence-electron chi connectivity index (χ2n) is 4.28. The molecule has 0 saturated heterocycles. The minimum Gasteiger partial charge on any atom is -0.396 e. The van der Waals surface area contributed by atoms with Gasteiger partial charge in [-0.2, -0.15) is 11.8 Å². The first-order valence-corrected chi connectivity index (χ1v) is 6.84. The van der Waals surface area contributed by atoms with Gasteiger partial charge in [0.1, 0.15) is 5.78 Å². The molecular formula is C11H20AcO4S. The van der Waals surface area contributed by atoms with E-state index in [1.54, 1.807) is 0 Å². The smallest absolute Gasteiger partial charge is 0.137 e. The molecule has 0 amide bonds. The first-order valence-electron chi connectivity index (χ1n) is 5.69. The largest absolute Gasteiger partial charge is 0.396 e. The number of aliphatic hydroxyl groups is 3. The van der Waals surface area contributed by atoms with Gasteiger partial charge in [0.05, 0.1) is 12.7 Å². The van der Waals surface area contributed by atoms with Crippen molar-refractivity contribution in [1.82, 2.24) is 0 Å². The first-order chi connectivity index (χ1) is 7.69. The zero-order valence-corrected chi connectivity index (χ0v) is 15.5. The summed E-state index contributed by atoms with van der Waals surface area (Å²) in [5, 5.41) is 27.0. The first kappa shape index (κ1) is 18.3. The van der Waals surface area contributed by atoms with Crippen LogP contribution >= 0.6 is 11.8 Å². The molecule has 17 heavy (non-hydrogen) atoms. The van der Waals surface area contributed by atoms with Gasteiger partial charge >= 0.3 is 0 Å². The van der Waals surface area contributed by atoms with Crippen molar-refractivity contribution in [2.45, 2.75) is 25.4 Å². The minimum atomic E-state index is -0.712. The van der Waals surface area contributed by atoms with Crippen molar-refractivity contribution in [3.63, 3.8) is 0 Å². The Balaban J connectivity index is 0.00000256. The van der Waals surface area contributed by atoms with Gasteiger partial charge in [-0.3, -0.25) is 4.79 Å². The number of thioether (sulfide) groups is 1. The summed E-state index contributed by atoms with van der Waals surface area (Å²) in [6.45, 7) is -0.172. The third kappa shape index (κ3) is 6.36. The van der Waals surface area contributed by atoms with E-state index in [0.29, 0.717) is 17.9 Å². The number of rotatable bonds is 6. The molecule has 3 atom stereocenters. The SMILES string of the molecule is O=C1CCCC(CO)C1CSCC(O)CO.[Ac]. The van der Waals surface area contributed by atoms with Crippen molar-refractivity contribution in [3.8, 4) is 0 Å². The maximum atomic E-state index is 11.7. The summed E-state index contributed by atoms with van der Waals surface area (Å²) in [4.78, 5) is 11.7. The van der Waals surface area contributed by atoms with Crippen LogP contribution in [0, 0.1) is 55.9 Å². The van der Waals surface area contributed by atoms with Gasteiger partial charge in [0.15, 0.2) is 0 Å². The number of Topliss-reactive ketones (excluding diaryl/α,β-unsaturated/α-hetero) is 1. The molecule has 0 aromatic carbocycles. The van der Waals surface area contributed by atoms with Crippen LogP contribution in [0.25, 0.3) is 0 Å². The molecule has 1 rings (SSSR count). The molecule has 3 N–H and O–H groups in total. The van der Waals surface area contributed by atoms with Crippen LogP contribution in [0.1, 0.15) is 19.3 Å². The molecule has 1 aliphatic rings. The minimum absolute atomic E-state index is 0. The zero-order chi connectivity index (χ0) is 12.0. The molecule has 0 heterocycles. The van der Waals surface area contributed by atoms with Crippen LogP contribution in [0.5, 0.6) is 0 Å². The summed E-state index contributed by atoms with van der Waals surface area (Å²) in [6.07, 6.45) is 1.70. The fraction of sp³-hybridized carbons (Fsp3) is 0.909. The van der Waals surface area contributed by atoms with E-state index in [0.717, 1.165) is 12.8 Å². The van der Waals surface area contributed by atoms with Crippen molar-refractivity contribution in [3.05, 3.63) is 0 Å². The summed E-state index contributed by atoms with van der Waals surface area (Å²) >= 11 is 1.47. The number of ketones is 1. The quantitative estimate of drug-likeness (QED) is 0.507. The fourth-order valence-corrected chi connectivity index (χ4v) is 3.24. The van der Waals surface area contributed by atoms with Gasteiger partial charge in [-0.1, -0.05) is 0 Å². The molecular weight excluding hydrogens is 455 g/mol. The van der Waals surface area contributed by atoms with Crippen LogP contribution in [0.3, 0.4) is 0 Å². The molecule has 6 heteroatoms. The van der Waals surface area contributed by atoms with Crippen molar-refractivity contribution < 1.29 is 64.2 Å². The molecule has 0 bridgehead atoms. The van der Waals surface area contributed by atoms with E-state index < -0.39 is 6.10 Å². The summed E-state index contributed by atoms with van der Waals surface area (Å²) in [7, 11) is 0. The molecule has 1 fully saturated rings. The normalized spacial score (nSPS) is 26.4. The molecule has 0 aromatic heterocycles. The fourth-order valence-electron chi connectivity index (χ4n) is 2.02. The Morgan fingerprint density at radius 1 is 1.41 bits per heavy atom. The Bertz CT molecular complexity index is 228. The Morgan fingerprint density at radius 3 is 2.71 bits per heavy atom.